The van der Waals surface area contributed by atoms with Crippen molar-refractivity contribution in [2.24, 2.45) is 5.73 Å². The first-order valence-corrected chi connectivity index (χ1v) is 3.30. The van der Waals surface area contributed by atoms with E-state index in [4.69, 9.17) is 5.73 Å². The molecule has 0 spiro atoms. The number of hydrogen-bond donors (Lipinski definition) is 2. The second-order valence-electron chi connectivity index (χ2n) is 2.02. The van der Waals surface area contributed by atoms with Crippen molar-refractivity contribution in [3.05, 3.63) is 0 Å². The molecule has 0 aromatic rings. The second kappa shape index (κ2) is 5.05. The molecule has 0 aromatic heterocycles. The first kappa shape index (κ1) is 9.23. The molecule has 1 atom stereocenters. The lowest BCUT2D eigenvalue weighted by molar-refractivity contribution is 0.144. The molecule has 0 aliphatic heterocycles. The Hall–Kier alpha value is -0.770. The van der Waals surface area contributed by atoms with E-state index in [9.17, 15) is 4.79 Å². The molecule has 4 heteroatoms. The van der Waals surface area contributed by atoms with Gasteiger partial charge in [-0.05, 0) is 13.5 Å². The van der Waals surface area contributed by atoms with Gasteiger partial charge in [-0.25, -0.2) is 4.79 Å². The van der Waals surface area contributed by atoms with E-state index in [1.165, 1.54) is 0 Å². The van der Waals surface area contributed by atoms with Gasteiger partial charge in [0.25, 0.3) is 0 Å². The summed E-state index contributed by atoms with van der Waals surface area (Å²) < 4.78 is 4.56. The Balaban J connectivity index is 3.34. The van der Waals surface area contributed by atoms with Crippen LogP contribution in [0.2, 0.25) is 0 Å². The van der Waals surface area contributed by atoms with Crippen molar-refractivity contribution in [2.75, 3.05) is 13.7 Å². The Morgan fingerprint density at radius 3 is 2.70 bits per heavy atom. The lowest BCUT2D eigenvalue weighted by Gasteiger charge is -2.11. The Labute approximate surface area is 60.7 Å². The van der Waals surface area contributed by atoms with Gasteiger partial charge in [-0.3, -0.25) is 0 Å². The Kier molecular flexibility index (Phi) is 4.66. The summed E-state index contributed by atoms with van der Waals surface area (Å²) in [5.74, 6) is 0. The van der Waals surface area contributed by atoms with Crippen LogP contribution in [0, 0.1) is 0 Å². The molecule has 0 aromatic carbocycles. The van der Waals surface area contributed by atoms with E-state index in [1.54, 1.807) is 0 Å². The lowest BCUT2D eigenvalue weighted by Crippen LogP contribution is -2.31. The fourth-order valence-electron chi connectivity index (χ4n) is 0.588. The van der Waals surface area contributed by atoms with Crippen LogP contribution in [0.1, 0.15) is 13.3 Å². The maximum Gasteiger partial charge on any atom is 0.404 e. The van der Waals surface area contributed by atoms with Crippen LogP contribution in [-0.2, 0) is 4.74 Å². The van der Waals surface area contributed by atoms with Crippen LogP contribution in [-0.4, -0.2) is 25.8 Å². The SMILES string of the molecule is CCC(COC(N)=O)NC. The molecule has 0 fully saturated rings. The molecule has 0 rings (SSSR count). The minimum Gasteiger partial charge on any atom is -0.448 e. The number of carbonyl (C=O) groups is 1. The van der Waals surface area contributed by atoms with Crippen LogP contribution in [0.15, 0.2) is 0 Å². The van der Waals surface area contributed by atoms with Gasteiger partial charge in [-0.1, -0.05) is 6.92 Å². The Morgan fingerprint density at radius 2 is 2.40 bits per heavy atom. The minimum absolute atomic E-state index is 0.215. The van der Waals surface area contributed by atoms with E-state index < -0.39 is 6.09 Å². The number of ether oxygens (including phenoxy) is 1. The molecule has 0 saturated carbocycles. The summed E-state index contributed by atoms with van der Waals surface area (Å²) in [6.07, 6.45) is 0.206. The molecule has 0 saturated heterocycles. The third-order valence-corrected chi connectivity index (χ3v) is 1.33. The molecule has 0 aliphatic rings. The van der Waals surface area contributed by atoms with Crippen molar-refractivity contribution in [3.63, 3.8) is 0 Å². The van der Waals surface area contributed by atoms with Gasteiger partial charge < -0.3 is 15.8 Å². The lowest BCUT2D eigenvalue weighted by atomic mass is 10.2. The molecular weight excluding hydrogens is 132 g/mol. The normalized spacial score (nSPS) is 12.6. The molecule has 10 heavy (non-hydrogen) atoms. The van der Waals surface area contributed by atoms with Gasteiger partial charge in [0.2, 0.25) is 0 Å². The second-order valence-corrected chi connectivity index (χ2v) is 2.02. The summed E-state index contributed by atoms with van der Waals surface area (Å²) in [5.41, 5.74) is 4.76. The summed E-state index contributed by atoms with van der Waals surface area (Å²) in [7, 11) is 1.82. The zero-order valence-electron chi connectivity index (χ0n) is 6.39. The van der Waals surface area contributed by atoms with E-state index in [1.807, 2.05) is 14.0 Å². The molecule has 4 nitrogen and oxygen atoms in total. The highest BCUT2D eigenvalue weighted by Crippen LogP contribution is 1.89. The average Bonchev–Trinajstić information content (AvgIpc) is 1.90. The van der Waals surface area contributed by atoms with Gasteiger partial charge in [0.15, 0.2) is 0 Å². The Bertz CT molecular complexity index is 102. The number of likely N-dealkylation sites (N-methyl/N-ethyl adjacent to an activating group) is 1. The first-order valence-electron chi connectivity index (χ1n) is 3.30. The number of carbonyl (C=O) groups excluding carboxylic acids is 1. The van der Waals surface area contributed by atoms with E-state index in [0.717, 1.165) is 6.42 Å². The van der Waals surface area contributed by atoms with Crippen molar-refractivity contribution in [1.29, 1.82) is 0 Å². The predicted octanol–water partition coefficient (Wildman–Crippen LogP) is 0.0797. The standard InChI is InChI=1S/C6H14N2O2/c1-3-5(8-2)4-10-6(7)9/h5,8H,3-4H2,1-2H3,(H2,7,9). The zero-order valence-corrected chi connectivity index (χ0v) is 6.39. The third kappa shape index (κ3) is 4.14. The first-order chi connectivity index (χ1) is 4.70. The summed E-state index contributed by atoms with van der Waals surface area (Å²) in [6, 6.07) is 0.215. The predicted molar refractivity (Wildman–Crippen MR) is 38.7 cm³/mol. The largest absolute Gasteiger partial charge is 0.448 e. The molecule has 60 valence electrons. The number of rotatable bonds is 4. The maximum atomic E-state index is 10.1. The van der Waals surface area contributed by atoms with Crippen LogP contribution in [0.5, 0.6) is 0 Å². The molecule has 0 bridgehead atoms. The van der Waals surface area contributed by atoms with Crippen molar-refractivity contribution < 1.29 is 9.53 Å². The molecule has 1 amide bonds. The average molecular weight is 146 g/mol. The highest BCUT2D eigenvalue weighted by Gasteiger charge is 2.03. The van der Waals surface area contributed by atoms with Gasteiger partial charge in [0.1, 0.15) is 6.61 Å². The van der Waals surface area contributed by atoms with Crippen molar-refractivity contribution in [3.8, 4) is 0 Å². The van der Waals surface area contributed by atoms with Crippen LogP contribution >= 0.6 is 0 Å². The number of hydrogen-bond acceptors (Lipinski definition) is 3. The van der Waals surface area contributed by atoms with Gasteiger partial charge in [0, 0.05) is 6.04 Å². The van der Waals surface area contributed by atoms with Gasteiger partial charge in [-0.2, -0.15) is 0 Å². The molecule has 0 aliphatic carbocycles. The van der Waals surface area contributed by atoms with Gasteiger partial charge in [0.05, 0.1) is 0 Å². The molecular formula is C6H14N2O2. The molecule has 1 unspecified atom stereocenters. The fraction of sp³-hybridized carbons (Fsp3) is 0.833. The summed E-state index contributed by atoms with van der Waals surface area (Å²) in [6.45, 7) is 2.36. The third-order valence-electron chi connectivity index (χ3n) is 1.33. The van der Waals surface area contributed by atoms with E-state index in [0.29, 0.717) is 6.61 Å². The topological polar surface area (TPSA) is 64.3 Å². The highest BCUT2D eigenvalue weighted by atomic mass is 16.5. The van der Waals surface area contributed by atoms with Crippen LogP contribution in [0.25, 0.3) is 0 Å². The smallest absolute Gasteiger partial charge is 0.404 e. The quantitative estimate of drug-likeness (QED) is 0.590. The Morgan fingerprint density at radius 1 is 1.80 bits per heavy atom. The minimum atomic E-state index is -0.714. The van der Waals surface area contributed by atoms with Gasteiger partial charge >= 0.3 is 6.09 Å². The molecule has 3 N–H and O–H groups in total. The molecule has 0 radical (unpaired) electrons. The number of nitrogens with one attached hydrogen (secondary N) is 1. The fourth-order valence-corrected chi connectivity index (χ4v) is 0.588. The maximum absolute atomic E-state index is 10.1. The van der Waals surface area contributed by atoms with Crippen molar-refractivity contribution >= 4 is 6.09 Å². The van der Waals surface area contributed by atoms with E-state index >= 15 is 0 Å². The highest BCUT2D eigenvalue weighted by molar-refractivity contribution is 5.64. The van der Waals surface area contributed by atoms with Crippen LogP contribution in [0.4, 0.5) is 4.79 Å². The van der Waals surface area contributed by atoms with E-state index in [-0.39, 0.29) is 6.04 Å². The number of primary amides is 1. The van der Waals surface area contributed by atoms with Crippen molar-refractivity contribution in [2.45, 2.75) is 19.4 Å². The van der Waals surface area contributed by atoms with E-state index in [2.05, 4.69) is 10.1 Å². The number of nitrogens with two attached hydrogens (primary N) is 1. The summed E-state index contributed by atoms with van der Waals surface area (Å²) >= 11 is 0. The van der Waals surface area contributed by atoms with Crippen molar-refractivity contribution in [1.82, 2.24) is 5.32 Å². The van der Waals surface area contributed by atoms with Crippen LogP contribution in [0.3, 0.4) is 0 Å². The zero-order chi connectivity index (χ0) is 7.98. The van der Waals surface area contributed by atoms with Gasteiger partial charge in [-0.15, -0.1) is 0 Å². The molecule has 0 heterocycles. The summed E-state index contributed by atoms with van der Waals surface area (Å²) in [4.78, 5) is 10.1. The monoisotopic (exact) mass is 146 g/mol. The van der Waals surface area contributed by atoms with Crippen LogP contribution < -0.4 is 11.1 Å². The number of amides is 1. The summed E-state index contributed by atoms with van der Waals surface area (Å²) in [5, 5.41) is 2.97.